The minimum atomic E-state index is 0.557. The molecule has 1 aromatic carbocycles. The van der Waals surface area contributed by atoms with Crippen LogP contribution in [-0.4, -0.2) is 0 Å². The lowest BCUT2D eigenvalue weighted by molar-refractivity contribution is 0.0924. The monoisotopic (exact) mass is 298 g/mol. The Morgan fingerprint density at radius 1 is 1.09 bits per heavy atom. The van der Waals surface area contributed by atoms with E-state index in [1.807, 2.05) is 0 Å². The first-order chi connectivity index (χ1) is 10.7. The van der Waals surface area contributed by atoms with E-state index in [0.717, 1.165) is 11.8 Å². The van der Waals surface area contributed by atoms with Gasteiger partial charge in [-0.15, -0.1) is 6.58 Å². The van der Waals surface area contributed by atoms with Crippen molar-refractivity contribution >= 4 is 0 Å². The number of hydrogen-bond donors (Lipinski definition) is 0. The molecule has 0 radical (unpaired) electrons. The first kappa shape index (κ1) is 17.3. The van der Waals surface area contributed by atoms with Gasteiger partial charge < -0.3 is 0 Å². The summed E-state index contributed by atoms with van der Waals surface area (Å²) in [7, 11) is 0. The zero-order valence-electron chi connectivity index (χ0n) is 14.7. The molecule has 0 bridgehead atoms. The van der Waals surface area contributed by atoms with Crippen LogP contribution < -0.4 is 0 Å². The van der Waals surface area contributed by atoms with Crippen molar-refractivity contribution < 1.29 is 0 Å². The minimum absolute atomic E-state index is 0.557. The highest BCUT2D eigenvalue weighted by atomic mass is 14.4. The topological polar surface area (TPSA) is 0 Å². The summed E-state index contributed by atoms with van der Waals surface area (Å²) in [6.07, 6.45) is 14.3. The maximum Gasteiger partial charge on any atom is -0.0154 e. The second-order valence-electron chi connectivity index (χ2n) is 7.48. The SMILES string of the molecule is C=CCCC1(CCC)CC(CCC)CC(c2ccccc2)C1. The molecular weight excluding hydrogens is 264 g/mol. The third-order valence-corrected chi connectivity index (χ3v) is 5.65. The first-order valence-electron chi connectivity index (χ1n) is 9.39. The molecule has 0 nitrogen and oxygen atoms in total. The highest BCUT2D eigenvalue weighted by molar-refractivity contribution is 5.21. The standard InChI is InChI=1S/C22H34/c1-4-7-15-22(14-6-3)17-19(11-5-2)16-21(18-22)20-12-9-8-10-13-20/h4,8-10,12-13,19,21H,1,5-7,11,14-18H2,2-3H3. The second-order valence-corrected chi connectivity index (χ2v) is 7.48. The summed E-state index contributed by atoms with van der Waals surface area (Å²) in [5, 5.41) is 0. The van der Waals surface area contributed by atoms with Crippen molar-refractivity contribution in [1.29, 1.82) is 0 Å². The van der Waals surface area contributed by atoms with E-state index in [0.29, 0.717) is 5.41 Å². The molecule has 22 heavy (non-hydrogen) atoms. The third-order valence-electron chi connectivity index (χ3n) is 5.65. The van der Waals surface area contributed by atoms with Crippen LogP contribution in [0.2, 0.25) is 0 Å². The van der Waals surface area contributed by atoms with Crippen LogP contribution in [0.4, 0.5) is 0 Å². The number of allylic oxidation sites excluding steroid dienone is 1. The highest BCUT2D eigenvalue weighted by Gasteiger charge is 2.39. The van der Waals surface area contributed by atoms with E-state index in [4.69, 9.17) is 0 Å². The van der Waals surface area contributed by atoms with Gasteiger partial charge in [0.15, 0.2) is 0 Å². The fourth-order valence-corrected chi connectivity index (χ4v) is 4.87. The Bertz CT molecular complexity index is 433. The molecule has 0 heterocycles. The third kappa shape index (κ3) is 4.48. The van der Waals surface area contributed by atoms with Crippen LogP contribution in [-0.2, 0) is 0 Å². The van der Waals surface area contributed by atoms with Gasteiger partial charge in [-0.3, -0.25) is 0 Å². The van der Waals surface area contributed by atoms with Gasteiger partial charge in [0, 0.05) is 0 Å². The molecule has 0 amide bonds. The predicted molar refractivity (Wildman–Crippen MR) is 98.2 cm³/mol. The molecule has 0 N–H and O–H groups in total. The molecule has 3 atom stereocenters. The Kier molecular flexibility index (Phi) is 6.73. The Morgan fingerprint density at radius 2 is 1.86 bits per heavy atom. The molecule has 2 rings (SSSR count). The van der Waals surface area contributed by atoms with Gasteiger partial charge in [0.1, 0.15) is 0 Å². The fourth-order valence-electron chi connectivity index (χ4n) is 4.87. The molecule has 0 aliphatic heterocycles. The van der Waals surface area contributed by atoms with E-state index < -0.39 is 0 Å². The normalized spacial score (nSPS) is 28.5. The second kappa shape index (κ2) is 8.56. The lowest BCUT2D eigenvalue weighted by Crippen LogP contribution is -2.32. The Labute approximate surface area is 138 Å². The smallest absolute Gasteiger partial charge is 0.0154 e. The summed E-state index contributed by atoms with van der Waals surface area (Å²) < 4.78 is 0. The summed E-state index contributed by atoms with van der Waals surface area (Å²) in [4.78, 5) is 0. The Balaban J connectivity index is 2.21. The van der Waals surface area contributed by atoms with E-state index >= 15 is 0 Å². The van der Waals surface area contributed by atoms with Gasteiger partial charge in [0.2, 0.25) is 0 Å². The van der Waals surface area contributed by atoms with Gasteiger partial charge >= 0.3 is 0 Å². The van der Waals surface area contributed by atoms with Crippen LogP contribution in [0.1, 0.15) is 83.1 Å². The molecule has 1 fully saturated rings. The fraction of sp³-hybridized carbons (Fsp3) is 0.636. The zero-order valence-corrected chi connectivity index (χ0v) is 14.7. The van der Waals surface area contributed by atoms with Crippen LogP contribution >= 0.6 is 0 Å². The van der Waals surface area contributed by atoms with E-state index in [9.17, 15) is 0 Å². The molecule has 1 aromatic rings. The van der Waals surface area contributed by atoms with Gasteiger partial charge in [-0.05, 0) is 61.3 Å². The molecular formula is C22H34. The zero-order chi connectivity index (χ0) is 15.8. The van der Waals surface area contributed by atoms with Crippen molar-refractivity contribution in [2.24, 2.45) is 11.3 Å². The van der Waals surface area contributed by atoms with Crippen molar-refractivity contribution in [2.75, 3.05) is 0 Å². The molecule has 1 saturated carbocycles. The molecule has 0 heteroatoms. The van der Waals surface area contributed by atoms with Crippen LogP contribution in [0.25, 0.3) is 0 Å². The quantitative estimate of drug-likeness (QED) is 0.448. The maximum atomic E-state index is 3.97. The minimum Gasteiger partial charge on any atom is -0.103 e. The van der Waals surface area contributed by atoms with Crippen molar-refractivity contribution in [3.8, 4) is 0 Å². The largest absolute Gasteiger partial charge is 0.103 e. The maximum absolute atomic E-state index is 3.97. The molecule has 3 unspecified atom stereocenters. The van der Waals surface area contributed by atoms with Gasteiger partial charge in [-0.25, -0.2) is 0 Å². The number of benzene rings is 1. The van der Waals surface area contributed by atoms with E-state index in [1.165, 1.54) is 57.8 Å². The molecule has 0 spiro atoms. The lowest BCUT2D eigenvalue weighted by atomic mass is 9.60. The molecule has 1 aliphatic rings. The van der Waals surface area contributed by atoms with Gasteiger partial charge in [0.25, 0.3) is 0 Å². The van der Waals surface area contributed by atoms with E-state index in [-0.39, 0.29) is 0 Å². The number of hydrogen-bond acceptors (Lipinski definition) is 0. The van der Waals surface area contributed by atoms with Gasteiger partial charge in [0.05, 0.1) is 0 Å². The number of rotatable bonds is 8. The average Bonchev–Trinajstić information content (AvgIpc) is 2.54. The molecule has 122 valence electrons. The molecule has 1 aliphatic carbocycles. The Hall–Kier alpha value is -1.04. The summed E-state index contributed by atoms with van der Waals surface area (Å²) in [6, 6.07) is 11.3. The summed E-state index contributed by atoms with van der Waals surface area (Å²) in [5.41, 5.74) is 2.13. The van der Waals surface area contributed by atoms with E-state index in [1.54, 1.807) is 5.56 Å². The Morgan fingerprint density at radius 3 is 2.50 bits per heavy atom. The van der Waals surface area contributed by atoms with E-state index in [2.05, 4.69) is 56.8 Å². The summed E-state index contributed by atoms with van der Waals surface area (Å²) >= 11 is 0. The van der Waals surface area contributed by atoms with Crippen molar-refractivity contribution in [3.63, 3.8) is 0 Å². The van der Waals surface area contributed by atoms with Crippen LogP contribution in [0.5, 0.6) is 0 Å². The molecule has 0 aromatic heterocycles. The van der Waals surface area contributed by atoms with Gasteiger partial charge in [-0.2, -0.15) is 0 Å². The summed E-state index contributed by atoms with van der Waals surface area (Å²) in [5.74, 6) is 1.68. The van der Waals surface area contributed by atoms with Crippen molar-refractivity contribution in [1.82, 2.24) is 0 Å². The van der Waals surface area contributed by atoms with Crippen LogP contribution in [0.15, 0.2) is 43.0 Å². The average molecular weight is 299 g/mol. The van der Waals surface area contributed by atoms with Crippen molar-refractivity contribution in [2.45, 2.75) is 77.6 Å². The lowest BCUT2D eigenvalue weighted by Gasteiger charge is -2.45. The van der Waals surface area contributed by atoms with Crippen LogP contribution in [0, 0.1) is 11.3 Å². The molecule has 0 saturated heterocycles. The van der Waals surface area contributed by atoms with Gasteiger partial charge in [-0.1, -0.05) is 69.5 Å². The van der Waals surface area contributed by atoms with Crippen LogP contribution in [0.3, 0.4) is 0 Å². The predicted octanol–water partition coefficient (Wildman–Crippen LogP) is 7.12. The summed E-state index contributed by atoms with van der Waals surface area (Å²) in [6.45, 7) is 8.67. The highest BCUT2D eigenvalue weighted by Crippen LogP contribution is 2.52. The first-order valence-corrected chi connectivity index (χ1v) is 9.39. The van der Waals surface area contributed by atoms with Crippen molar-refractivity contribution in [3.05, 3.63) is 48.6 Å².